The molecular weight excluding hydrogens is 252 g/mol. The Bertz CT molecular complexity index is 536. The van der Waals surface area contributed by atoms with Gasteiger partial charge in [0.15, 0.2) is 0 Å². The van der Waals surface area contributed by atoms with Gasteiger partial charge in [-0.1, -0.05) is 0 Å². The van der Waals surface area contributed by atoms with Crippen molar-refractivity contribution in [1.82, 2.24) is 9.55 Å². The van der Waals surface area contributed by atoms with Crippen molar-refractivity contribution in [2.75, 3.05) is 37.9 Å². The number of aromatic amines is 1. The Hall–Kier alpha value is -1.80. The highest BCUT2D eigenvalue weighted by Crippen LogP contribution is 2.14. The number of nitrogens with zero attached hydrogens (tertiary/aromatic N) is 2. The average molecular weight is 272 g/mol. The number of aliphatic hydroxyl groups is 1. The Kier molecular flexibility index (Phi) is 5.13. The number of likely N-dealkylation sites (N-methyl/N-ethyl adjacent to an activating group) is 1. The molecule has 0 bridgehead atoms. The van der Waals surface area contributed by atoms with Crippen molar-refractivity contribution in [3.8, 4) is 0 Å². The van der Waals surface area contributed by atoms with E-state index >= 15 is 0 Å². The average Bonchev–Trinajstić information content (AvgIpc) is 2.28. The highest BCUT2D eigenvalue weighted by atomic mass is 16.5. The molecule has 1 aromatic rings. The summed E-state index contributed by atoms with van der Waals surface area (Å²) in [5.41, 5.74) is 4.89. The van der Waals surface area contributed by atoms with Gasteiger partial charge in [0.05, 0.1) is 12.7 Å². The first-order valence-corrected chi connectivity index (χ1v) is 5.93. The summed E-state index contributed by atoms with van der Waals surface area (Å²) < 4.78 is 6.08. The Morgan fingerprint density at radius 1 is 1.53 bits per heavy atom. The van der Waals surface area contributed by atoms with Crippen molar-refractivity contribution in [1.29, 1.82) is 0 Å². The van der Waals surface area contributed by atoms with Crippen molar-refractivity contribution in [3.05, 3.63) is 20.8 Å². The first-order valence-electron chi connectivity index (χ1n) is 5.93. The lowest BCUT2D eigenvalue weighted by Crippen LogP contribution is -2.40. The van der Waals surface area contributed by atoms with Gasteiger partial charge in [0, 0.05) is 27.2 Å². The van der Waals surface area contributed by atoms with E-state index in [1.807, 2.05) is 0 Å². The third-order valence-corrected chi connectivity index (χ3v) is 2.76. The molecule has 1 atom stereocenters. The number of ether oxygens (including phenoxy) is 1. The normalized spacial score (nSPS) is 12.4. The third kappa shape index (κ3) is 3.36. The Morgan fingerprint density at radius 3 is 2.68 bits per heavy atom. The molecule has 0 aromatic carbocycles. The van der Waals surface area contributed by atoms with E-state index in [2.05, 4.69) is 4.98 Å². The molecule has 4 N–H and O–H groups in total. The van der Waals surface area contributed by atoms with E-state index in [0.717, 1.165) is 0 Å². The van der Waals surface area contributed by atoms with E-state index in [1.54, 1.807) is 14.0 Å². The minimum atomic E-state index is -0.754. The summed E-state index contributed by atoms with van der Waals surface area (Å²) in [6.45, 7) is 2.42. The standard InChI is InChI=1S/C11H20N4O4/c1-4-15-9(12)8(10(17)13-11(15)18)14(2)5-7(16)6-19-3/h7,16H,4-6,12H2,1-3H3,(H,13,17,18). The van der Waals surface area contributed by atoms with Gasteiger partial charge in [-0.3, -0.25) is 14.3 Å². The van der Waals surface area contributed by atoms with Crippen LogP contribution in [0.15, 0.2) is 9.59 Å². The lowest BCUT2D eigenvalue weighted by molar-refractivity contribution is 0.0695. The van der Waals surface area contributed by atoms with Crippen LogP contribution in [0.2, 0.25) is 0 Å². The van der Waals surface area contributed by atoms with Crippen molar-refractivity contribution in [2.45, 2.75) is 19.6 Å². The fraction of sp³-hybridized carbons (Fsp3) is 0.636. The molecule has 0 amide bonds. The van der Waals surface area contributed by atoms with Gasteiger partial charge in [-0.05, 0) is 6.92 Å². The van der Waals surface area contributed by atoms with Crippen LogP contribution in [-0.2, 0) is 11.3 Å². The van der Waals surface area contributed by atoms with Crippen LogP contribution in [0, 0.1) is 0 Å². The van der Waals surface area contributed by atoms with E-state index < -0.39 is 17.4 Å². The number of nitrogens with two attached hydrogens (primary N) is 1. The van der Waals surface area contributed by atoms with Crippen molar-refractivity contribution in [2.24, 2.45) is 0 Å². The summed E-state index contributed by atoms with van der Waals surface area (Å²) in [5.74, 6) is 0.0865. The lowest BCUT2D eigenvalue weighted by Gasteiger charge is -2.23. The van der Waals surface area contributed by atoms with E-state index in [1.165, 1.54) is 16.6 Å². The molecule has 108 valence electrons. The number of rotatable bonds is 6. The van der Waals surface area contributed by atoms with Crippen LogP contribution in [0.1, 0.15) is 6.92 Å². The first-order chi connectivity index (χ1) is 8.92. The summed E-state index contributed by atoms with van der Waals surface area (Å²) in [6.07, 6.45) is -0.754. The van der Waals surface area contributed by atoms with Crippen LogP contribution < -0.4 is 21.9 Å². The topological polar surface area (TPSA) is 114 Å². The second-order valence-corrected chi connectivity index (χ2v) is 4.23. The van der Waals surface area contributed by atoms with Gasteiger partial charge < -0.3 is 20.5 Å². The molecule has 0 aliphatic rings. The molecule has 0 spiro atoms. The fourth-order valence-corrected chi connectivity index (χ4v) is 1.91. The summed E-state index contributed by atoms with van der Waals surface area (Å²) in [5, 5.41) is 9.66. The highest BCUT2D eigenvalue weighted by molar-refractivity contribution is 5.61. The first kappa shape index (κ1) is 15.3. The molecule has 0 saturated carbocycles. The minimum absolute atomic E-state index is 0.0865. The van der Waals surface area contributed by atoms with Crippen molar-refractivity contribution in [3.63, 3.8) is 0 Å². The maximum absolute atomic E-state index is 11.8. The summed E-state index contributed by atoms with van der Waals surface area (Å²) >= 11 is 0. The van der Waals surface area contributed by atoms with Gasteiger partial charge >= 0.3 is 5.69 Å². The number of aromatic nitrogens is 2. The van der Waals surface area contributed by atoms with Gasteiger partial charge in [0.25, 0.3) is 5.56 Å². The van der Waals surface area contributed by atoms with Crippen molar-refractivity contribution >= 4 is 11.5 Å². The van der Waals surface area contributed by atoms with Gasteiger partial charge in [-0.15, -0.1) is 0 Å². The van der Waals surface area contributed by atoms with Crippen molar-refractivity contribution < 1.29 is 9.84 Å². The number of nitrogen functional groups attached to an aromatic ring is 1. The molecule has 1 unspecified atom stereocenters. The van der Waals surface area contributed by atoms with Gasteiger partial charge in [0.1, 0.15) is 11.5 Å². The van der Waals surface area contributed by atoms with Crippen LogP contribution in [-0.4, -0.2) is 48.1 Å². The monoisotopic (exact) mass is 272 g/mol. The minimum Gasteiger partial charge on any atom is -0.389 e. The molecular formula is C11H20N4O4. The lowest BCUT2D eigenvalue weighted by atomic mass is 10.3. The number of methoxy groups -OCH3 is 1. The summed E-state index contributed by atoms with van der Waals surface area (Å²) in [6, 6.07) is 0. The summed E-state index contributed by atoms with van der Waals surface area (Å²) in [7, 11) is 3.09. The largest absolute Gasteiger partial charge is 0.389 e. The van der Waals surface area contributed by atoms with Gasteiger partial charge in [-0.2, -0.15) is 0 Å². The number of hydrogen-bond donors (Lipinski definition) is 3. The van der Waals surface area contributed by atoms with E-state index in [-0.39, 0.29) is 24.7 Å². The van der Waals surface area contributed by atoms with Crippen LogP contribution in [0.3, 0.4) is 0 Å². The zero-order valence-electron chi connectivity index (χ0n) is 11.3. The van der Waals surface area contributed by atoms with Crippen LogP contribution >= 0.6 is 0 Å². The molecule has 1 heterocycles. The SMILES string of the molecule is CCn1c(N)c(N(C)CC(O)COC)c(=O)[nH]c1=O. The predicted octanol–water partition coefficient (Wildman–Crippen LogP) is -1.42. The van der Waals surface area contributed by atoms with Crippen LogP contribution in [0.4, 0.5) is 11.5 Å². The molecule has 0 aliphatic heterocycles. The maximum atomic E-state index is 11.8. The molecule has 1 rings (SSSR count). The third-order valence-electron chi connectivity index (χ3n) is 2.76. The molecule has 0 saturated heterocycles. The zero-order chi connectivity index (χ0) is 14.6. The molecule has 0 radical (unpaired) electrons. The van der Waals surface area contributed by atoms with Crippen LogP contribution in [0.5, 0.6) is 0 Å². The Labute approximate surface area is 110 Å². The zero-order valence-corrected chi connectivity index (χ0v) is 11.3. The number of H-pyrrole nitrogens is 1. The van der Waals surface area contributed by atoms with Gasteiger partial charge in [0.2, 0.25) is 0 Å². The molecule has 8 heteroatoms. The molecule has 0 aliphatic carbocycles. The molecule has 8 nitrogen and oxygen atoms in total. The second kappa shape index (κ2) is 6.39. The fourth-order valence-electron chi connectivity index (χ4n) is 1.91. The molecule has 19 heavy (non-hydrogen) atoms. The maximum Gasteiger partial charge on any atom is 0.330 e. The number of hydrogen-bond acceptors (Lipinski definition) is 6. The summed E-state index contributed by atoms with van der Waals surface area (Å²) in [4.78, 5) is 27.0. The quantitative estimate of drug-likeness (QED) is 0.586. The van der Waals surface area contributed by atoms with E-state index in [0.29, 0.717) is 6.54 Å². The Balaban J connectivity index is 3.13. The Morgan fingerprint density at radius 2 is 2.16 bits per heavy atom. The molecule has 1 aromatic heterocycles. The van der Waals surface area contributed by atoms with Crippen LogP contribution in [0.25, 0.3) is 0 Å². The van der Waals surface area contributed by atoms with E-state index in [4.69, 9.17) is 10.5 Å². The second-order valence-electron chi connectivity index (χ2n) is 4.23. The smallest absolute Gasteiger partial charge is 0.330 e. The predicted molar refractivity (Wildman–Crippen MR) is 72.6 cm³/mol. The molecule has 0 fully saturated rings. The number of nitrogens with one attached hydrogen (secondary N) is 1. The highest BCUT2D eigenvalue weighted by Gasteiger charge is 2.17. The number of anilines is 2. The number of aliphatic hydroxyl groups excluding tert-OH is 1. The van der Waals surface area contributed by atoms with E-state index in [9.17, 15) is 14.7 Å². The van der Waals surface area contributed by atoms with Gasteiger partial charge in [-0.25, -0.2) is 4.79 Å².